The molecule has 2 aromatic rings. The topological polar surface area (TPSA) is 54.0 Å². The number of benzene rings is 1. The van der Waals surface area contributed by atoms with Crippen molar-refractivity contribution in [3.05, 3.63) is 54.0 Å². The summed E-state index contributed by atoms with van der Waals surface area (Å²) in [5.74, 6) is -0.183. The van der Waals surface area contributed by atoms with E-state index in [4.69, 9.17) is 0 Å². The summed E-state index contributed by atoms with van der Waals surface area (Å²) in [7, 11) is 0. The highest BCUT2D eigenvalue weighted by Crippen LogP contribution is 2.21. The molecular weight excluding hydrogens is 293 g/mol. The van der Waals surface area contributed by atoms with E-state index in [0.29, 0.717) is 17.4 Å². The van der Waals surface area contributed by atoms with Gasteiger partial charge in [0.2, 0.25) is 0 Å². The van der Waals surface area contributed by atoms with Gasteiger partial charge in [-0.1, -0.05) is 19.3 Å². The van der Waals surface area contributed by atoms with Gasteiger partial charge in [0, 0.05) is 11.6 Å². The third-order valence-electron chi connectivity index (χ3n) is 4.09. The van der Waals surface area contributed by atoms with E-state index in [2.05, 4.69) is 15.6 Å². The minimum absolute atomic E-state index is 0.300. The van der Waals surface area contributed by atoms with Crippen LogP contribution in [-0.4, -0.2) is 16.9 Å². The highest BCUT2D eigenvalue weighted by atomic mass is 19.1. The molecule has 1 aromatic carbocycles. The van der Waals surface area contributed by atoms with Crippen molar-refractivity contribution in [1.82, 2.24) is 4.98 Å². The molecular formula is C18H20FN3O. The van der Waals surface area contributed by atoms with Crippen LogP contribution in [0.2, 0.25) is 0 Å². The Morgan fingerprint density at radius 2 is 1.78 bits per heavy atom. The quantitative estimate of drug-likeness (QED) is 0.888. The molecule has 1 aliphatic rings. The van der Waals surface area contributed by atoms with Crippen molar-refractivity contribution in [2.75, 3.05) is 10.6 Å². The van der Waals surface area contributed by atoms with Gasteiger partial charge in [0.1, 0.15) is 11.6 Å². The fourth-order valence-corrected chi connectivity index (χ4v) is 2.83. The van der Waals surface area contributed by atoms with E-state index in [1.165, 1.54) is 56.4 Å². The van der Waals surface area contributed by atoms with Gasteiger partial charge in [-0.25, -0.2) is 9.37 Å². The Morgan fingerprint density at radius 1 is 1.04 bits per heavy atom. The Bertz CT molecular complexity index is 649. The van der Waals surface area contributed by atoms with Crippen LogP contribution in [0.1, 0.15) is 42.5 Å². The zero-order valence-electron chi connectivity index (χ0n) is 12.9. The second kappa shape index (κ2) is 7.22. The van der Waals surface area contributed by atoms with E-state index in [9.17, 15) is 9.18 Å². The second-order valence-corrected chi connectivity index (χ2v) is 5.87. The molecule has 1 heterocycles. The lowest BCUT2D eigenvalue weighted by Gasteiger charge is -2.23. The van der Waals surface area contributed by atoms with Gasteiger partial charge in [0.15, 0.2) is 0 Å². The van der Waals surface area contributed by atoms with E-state index in [-0.39, 0.29) is 11.7 Å². The molecule has 4 nitrogen and oxygen atoms in total. The number of amides is 1. The van der Waals surface area contributed by atoms with Crippen LogP contribution in [0.15, 0.2) is 42.6 Å². The highest BCUT2D eigenvalue weighted by Gasteiger charge is 2.13. The molecule has 0 atom stereocenters. The van der Waals surface area contributed by atoms with Crippen LogP contribution in [0.3, 0.4) is 0 Å². The number of aromatic nitrogens is 1. The lowest BCUT2D eigenvalue weighted by atomic mass is 9.95. The van der Waals surface area contributed by atoms with Crippen molar-refractivity contribution in [3.8, 4) is 0 Å². The summed E-state index contributed by atoms with van der Waals surface area (Å²) in [6.07, 6.45) is 8.00. The Balaban J connectivity index is 1.58. The summed E-state index contributed by atoms with van der Waals surface area (Å²) in [6, 6.07) is 9.63. The van der Waals surface area contributed by atoms with E-state index >= 15 is 0 Å². The van der Waals surface area contributed by atoms with Gasteiger partial charge in [0.05, 0.1) is 11.9 Å². The predicted molar refractivity (Wildman–Crippen MR) is 89.1 cm³/mol. The first-order chi connectivity index (χ1) is 11.2. The van der Waals surface area contributed by atoms with Crippen molar-refractivity contribution in [2.45, 2.75) is 38.1 Å². The maximum Gasteiger partial charge on any atom is 0.256 e. The summed E-state index contributed by atoms with van der Waals surface area (Å²) in [4.78, 5) is 16.3. The van der Waals surface area contributed by atoms with Crippen molar-refractivity contribution in [1.29, 1.82) is 0 Å². The molecule has 1 saturated carbocycles. The highest BCUT2D eigenvalue weighted by molar-refractivity contribution is 6.03. The molecule has 0 aliphatic heterocycles. The zero-order chi connectivity index (χ0) is 16.1. The van der Waals surface area contributed by atoms with E-state index in [1.54, 1.807) is 12.3 Å². The second-order valence-electron chi connectivity index (χ2n) is 5.87. The van der Waals surface area contributed by atoms with E-state index in [1.807, 2.05) is 6.07 Å². The number of pyridine rings is 1. The van der Waals surface area contributed by atoms with Crippen molar-refractivity contribution in [2.24, 2.45) is 0 Å². The Morgan fingerprint density at radius 3 is 2.43 bits per heavy atom. The minimum Gasteiger partial charge on any atom is -0.381 e. The number of nitrogens with zero attached hydrogens (tertiary/aromatic N) is 1. The fourth-order valence-electron chi connectivity index (χ4n) is 2.83. The molecule has 0 spiro atoms. The summed E-state index contributed by atoms with van der Waals surface area (Å²) < 4.78 is 12.9. The molecule has 1 aliphatic carbocycles. The smallest absolute Gasteiger partial charge is 0.256 e. The van der Waals surface area contributed by atoms with E-state index < -0.39 is 0 Å². The van der Waals surface area contributed by atoms with Crippen LogP contribution in [0.4, 0.5) is 15.9 Å². The lowest BCUT2D eigenvalue weighted by molar-refractivity contribution is 0.102. The van der Waals surface area contributed by atoms with Crippen LogP contribution in [0.5, 0.6) is 0 Å². The third kappa shape index (κ3) is 4.28. The number of halogens is 1. The molecule has 0 unspecified atom stereocenters. The van der Waals surface area contributed by atoms with Gasteiger partial charge >= 0.3 is 0 Å². The fraction of sp³-hybridized carbons (Fsp3) is 0.333. The molecule has 0 saturated heterocycles. The van der Waals surface area contributed by atoms with Gasteiger partial charge in [0.25, 0.3) is 5.91 Å². The van der Waals surface area contributed by atoms with Gasteiger partial charge in [-0.2, -0.15) is 0 Å². The molecule has 1 amide bonds. The summed E-state index contributed by atoms with van der Waals surface area (Å²) in [5.41, 5.74) is 1.37. The molecule has 1 aromatic heterocycles. The average Bonchev–Trinajstić information content (AvgIpc) is 2.58. The van der Waals surface area contributed by atoms with Crippen LogP contribution >= 0.6 is 0 Å². The molecule has 5 heteroatoms. The zero-order valence-corrected chi connectivity index (χ0v) is 12.9. The molecule has 0 radical (unpaired) electrons. The van der Waals surface area contributed by atoms with Crippen LogP contribution in [0.25, 0.3) is 0 Å². The lowest BCUT2D eigenvalue weighted by Crippen LogP contribution is -2.22. The average molecular weight is 313 g/mol. The molecule has 1 fully saturated rings. The van der Waals surface area contributed by atoms with Gasteiger partial charge in [-0.05, 0) is 49.2 Å². The van der Waals surface area contributed by atoms with Gasteiger partial charge in [-0.3, -0.25) is 4.79 Å². The molecule has 0 bridgehead atoms. The standard InChI is InChI=1S/C18H20FN3O/c19-14-8-6-13(7-9-14)18(23)22-17-11-10-16(12-20-17)21-15-4-2-1-3-5-15/h6-12,15,21H,1-5H2,(H,20,22,23). The van der Waals surface area contributed by atoms with Crippen molar-refractivity contribution >= 4 is 17.4 Å². The molecule has 3 rings (SSSR count). The largest absolute Gasteiger partial charge is 0.381 e. The molecule has 2 N–H and O–H groups in total. The summed E-state index contributed by atoms with van der Waals surface area (Å²) in [5, 5.41) is 6.19. The summed E-state index contributed by atoms with van der Waals surface area (Å²) in [6.45, 7) is 0. The first-order valence-electron chi connectivity index (χ1n) is 8.00. The molecule has 120 valence electrons. The first kappa shape index (κ1) is 15.5. The maximum atomic E-state index is 12.9. The van der Waals surface area contributed by atoms with Crippen molar-refractivity contribution in [3.63, 3.8) is 0 Å². The number of nitrogens with one attached hydrogen (secondary N) is 2. The third-order valence-corrected chi connectivity index (χ3v) is 4.09. The predicted octanol–water partition coefficient (Wildman–Crippen LogP) is 4.22. The minimum atomic E-state index is -0.363. The van der Waals surface area contributed by atoms with Crippen LogP contribution in [0, 0.1) is 5.82 Å². The van der Waals surface area contributed by atoms with Crippen LogP contribution < -0.4 is 10.6 Å². The number of hydrogen-bond acceptors (Lipinski definition) is 3. The Hall–Kier alpha value is -2.43. The Kier molecular flexibility index (Phi) is 4.86. The monoisotopic (exact) mass is 313 g/mol. The number of rotatable bonds is 4. The SMILES string of the molecule is O=C(Nc1ccc(NC2CCCCC2)cn1)c1ccc(F)cc1. The number of anilines is 2. The maximum absolute atomic E-state index is 12.9. The molecule has 23 heavy (non-hydrogen) atoms. The van der Waals surface area contributed by atoms with E-state index in [0.717, 1.165) is 5.69 Å². The van der Waals surface area contributed by atoms with Gasteiger partial charge < -0.3 is 10.6 Å². The van der Waals surface area contributed by atoms with Gasteiger partial charge in [-0.15, -0.1) is 0 Å². The number of carbonyl (C=O) groups is 1. The summed E-state index contributed by atoms with van der Waals surface area (Å²) >= 11 is 0. The van der Waals surface area contributed by atoms with Crippen molar-refractivity contribution < 1.29 is 9.18 Å². The number of carbonyl (C=O) groups excluding carboxylic acids is 1. The van der Waals surface area contributed by atoms with Crippen LogP contribution in [-0.2, 0) is 0 Å². The number of hydrogen-bond donors (Lipinski definition) is 2. The first-order valence-corrected chi connectivity index (χ1v) is 8.00. The normalized spacial score (nSPS) is 15.2. The Labute approximate surface area is 135 Å².